The molecule has 0 fully saturated rings. The van der Waals surface area contributed by atoms with Gasteiger partial charge in [0.05, 0.1) is 29.5 Å². The second kappa shape index (κ2) is 7.31. The van der Waals surface area contributed by atoms with Crippen molar-refractivity contribution in [3.05, 3.63) is 64.6 Å². The fourth-order valence-electron chi connectivity index (χ4n) is 3.27. The van der Waals surface area contributed by atoms with Crippen LogP contribution in [0.1, 0.15) is 30.2 Å². The number of pyridine rings is 1. The van der Waals surface area contributed by atoms with Gasteiger partial charge in [0.1, 0.15) is 0 Å². The molecule has 1 aromatic carbocycles. The summed E-state index contributed by atoms with van der Waals surface area (Å²) in [7, 11) is 0. The van der Waals surface area contributed by atoms with E-state index >= 15 is 0 Å². The Bertz CT molecular complexity index is 1150. The van der Waals surface area contributed by atoms with Crippen LogP contribution in [0.4, 0.5) is 8.78 Å². The lowest BCUT2D eigenvalue weighted by molar-refractivity contribution is 0.153. The third-order valence-electron chi connectivity index (χ3n) is 4.67. The summed E-state index contributed by atoms with van der Waals surface area (Å²) in [6, 6.07) is 8.82. The average molecular weight is 402 g/mol. The van der Waals surface area contributed by atoms with E-state index < -0.39 is 6.43 Å². The Balaban J connectivity index is 1.90. The van der Waals surface area contributed by atoms with E-state index in [1.165, 1.54) is 6.07 Å². The molecule has 4 aromatic rings. The number of halogens is 3. The van der Waals surface area contributed by atoms with Crippen LogP contribution < -0.4 is 0 Å². The number of hydrogen-bond donors (Lipinski definition) is 0. The summed E-state index contributed by atoms with van der Waals surface area (Å²) in [5, 5.41) is 9.67. The van der Waals surface area contributed by atoms with Crippen molar-refractivity contribution in [1.82, 2.24) is 24.5 Å². The predicted octanol–water partition coefficient (Wildman–Crippen LogP) is 5.26. The minimum absolute atomic E-state index is 0.0767. The van der Waals surface area contributed by atoms with Gasteiger partial charge in [-0.2, -0.15) is 10.2 Å². The SMILES string of the molecule is CCn1cc(-c2cc(C(F)F)c3c(C)nn(Cc4ccccc4Cl)c3n2)cn1. The third kappa shape index (κ3) is 3.26. The van der Waals surface area contributed by atoms with Crippen LogP contribution in [0.25, 0.3) is 22.3 Å². The van der Waals surface area contributed by atoms with Crippen LogP contribution in [-0.2, 0) is 13.1 Å². The number of aromatic nitrogens is 5. The summed E-state index contributed by atoms with van der Waals surface area (Å²) < 4.78 is 31.0. The van der Waals surface area contributed by atoms with Gasteiger partial charge in [-0.15, -0.1) is 0 Å². The molecule has 0 amide bonds. The molecule has 0 unspecified atom stereocenters. The highest BCUT2D eigenvalue weighted by molar-refractivity contribution is 6.31. The Hall–Kier alpha value is -2.80. The van der Waals surface area contributed by atoms with Crippen LogP contribution >= 0.6 is 11.6 Å². The molecule has 5 nitrogen and oxygen atoms in total. The van der Waals surface area contributed by atoms with Gasteiger partial charge in [-0.1, -0.05) is 29.8 Å². The highest BCUT2D eigenvalue weighted by Gasteiger charge is 2.21. The second-order valence-corrected chi connectivity index (χ2v) is 6.92. The normalized spacial score (nSPS) is 11.6. The fourth-order valence-corrected chi connectivity index (χ4v) is 3.47. The van der Waals surface area contributed by atoms with E-state index in [1.54, 1.807) is 34.7 Å². The molecule has 0 N–H and O–H groups in total. The molecule has 144 valence electrons. The first kappa shape index (κ1) is 18.6. The first-order valence-corrected chi connectivity index (χ1v) is 9.28. The van der Waals surface area contributed by atoms with Crippen molar-refractivity contribution < 1.29 is 8.78 Å². The Kier molecular flexibility index (Phi) is 4.85. The lowest BCUT2D eigenvalue weighted by atomic mass is 10.1. The van der Waals surface area contributed by atoms with Gasteiger partial charge >= 0.3 is 0 Å². The molecule has 28 heavy (non-hydrogen) atoms. The third-order valence-corrected chi connectivity index (χ3v) is 5.04. The van der Waals surface area contributed by atoms with Gasteiger partial charge in [0.25, 0.3) is 6.43 Å². The van der Waals surface area contributed by atoms with E-state index in [-0.39, 0.29) is 5.56 Å². The summed E-state index contributed by atoms with van der Waals surface area (Å²) in [5.74, 6) is 0. The van der Waals surface area contributed by atoms with Gasteiger partial charge in [0.2, 0.25) is 0 Å². The van der Waals surface area contributed by atoms with E-state index in [0.29, 0.717) is 46.1 Å². The Morgan fingerprint density at radius 3 is 2.68 bits per heavy atom. The average Bonchev–Trinajstić information content (AvgIpc) is 3.28. The van der Waals surface area contributed by atoms with Gasteiger partial charge in [-0.25, -0.2) is 18.4 Å². The standard InChI is InChI=1S/C20H18ClF2N5/c1-3-27-10-14(9-24-27)17-8-15(19(22)23)18-12(2)26-28(20(18)25-17)11-13-6-4-5-7-16(13)21/h4-10,19H,3,11H2,1-2H3. The molecule has 3 heterocycles. The first-order valence-electron chi connectivity index (χ1n) is 8.90. The Labute approximate surface area is 165 Å². The fraction of sp³-hybridized carbons (Fsp3) is 0.250. The van der Waals surface area contributed by atoms with E-state index in [0.717, 1.165) is 5.56 Å². The maximum absolute atomic E-state index is 13.8. The molecule has 0 spiro atoms. The van der Waals surface area contributed by atoms with Crippen molar-refractivity contribution in [2.75, 3.05) is 0 Å². The maximum atomic E-state index is 13.8. The number of fused-ring (bicyclic) bond motifs is 1. The van der Waals surface area contributed by atoms with Gasteiger partial charge in [0, 0.05) is 28.9 Å². The zero-order valence-corrected chi connectivity index (χ0v) is 16.2. The summed E-state index contributed by atoms with van der Waals surface area (Å²) in [4.78, 5) is 4.65. The lowest BCUT2D eigenvalue weighted by Crippen LogP contribution is -2.04. The molecular weight excluding hydrogens is 384 g/mol. The number of benzene rings is 1. The largest absolute Gasteiger partial charge is 0.272 e. The van der Waals surface area contributed by atoms with Crippen molar-refractivity contribution in [3.8, 4) is 11.3 Å². The molecule has 0 radical (unpaired) electrons. The van der Waals surface area contributed by atoms with E-state index in [2.05, 4.69) is 15.2 Å². The predicted molar refractivity (Wildman–Crippen MR) is 105 cm³/mol. The molecule has 0 aliphatic carbocycles. The quantitative estimate of drug-likeness (QED) is 0.458. The lowest BCUT2D eigenvalue weighted by Gasteiger charge is -2.08. The molecule has 8 heteroatoms. The van der Waals surface area contributed by atoms with E-state index in [9.17, 15) is 8.78 Å². The van der Waals surface area contributed by atoms with E-state index in [1.807, 2.05) is 25.1 Å². The smallest absolute Gasteiger partial charge is 0.264 e. The number of hydrogen-bond acceptors (Lipinski definition) is 3. The van der Waals surface area contributed by atoms with Gasteiger partial charge in [-0.05, 0) is 31.5 Å². The summed E-state index contributed by atoms with van der Waals surface area (Å²) in [5.41, 5.74) is 2.83. The first-order chi connectivity index (χ1) is 13.5. The number of aryl methyl sites for hydroxylation is 2. The number of nitrogens with zero attached hydrogens (tertiary/aromatic N) is 5. The monoisotopic (exact) mass is 401 g/mol. The van der Waals surface area contributed by atoms with Crippen molar-refractivity contribution in [2.24, 2.45) is 0 Å². The number of alkyl halides is 2. The highest BCUT2D eigenvalue weighted by atomic mass is 35.5. The topological polar surface area (TPSA) is 48.5 Å². The summed E-state index contributed by atoms with van der Waals surface area (Å²) in [6.07, 6.45) is 0.793. The molecule has 0 saturated carbocycles. The van der Waals surface area contributed by atoms with Crippen molar-refractivity contribution in [2.45, 2.75) is 33.4 Å². The minimum Gasteiger partial charge on any atom is -0.272 e. The molecule has 0 aliphatic rings. The van der Waals surface area contributed by atoms with Crippen LogP contribution in [0.15, 0.2) is 42.7 Å². The van der Waals surface area contributed by atoms with Gasteiger partial charge < -0.3 is 0 Å². The molecule has 0 atom stereocenters. The van der Waals surface area contributed by atoms with Crippen molar-refractivity contribution >= 4 is 22.6 Å². The highest BCUT2D eigenvalue weighted by Crippen LogP contribution is 2.33. The Morgan fingerprint density at radius 2 is 2.00 bits per heavy atom. The molecule has 0 saturated heterocycles. The van der Waals surface area contributed by atoms with Gasteiger partial charge in [-0.3, -0.25) is 4.68 Å². The Morgan fingerprint density at radius 1 is 1.21 bits per heavy atom. The summed E-state index contributed by atoms with van der Waals surface area (Å²) >= 11 is 6.27. The number of rotatable bonds is 5. The summed E-state index contributed by atoms with van der Waals surface area (Å²) in [6.45, 7) is 4.71. The second-order valence-electron chi connectivity index (χ2n) is 6.52. The minimum atomic E-state index is -2.64. The van der Waals surface area contributed by atoms with Crippen LogP contribution in [0.2, 0.25) is 5.02 Å². The zero-order chi connectivity index (χ0) is 19.8. The molecule has 3 aromatic heterocycles. The molecule has 0 bridgehead atoms. The van der Waals surface area contributed by atoms with Crippen LogP contribution in [0.5, 0.6) is 0 Å². The van der Waals surface area contributed by atoms with Crippen molar-refractivity contribution in [1.29, 1.82) is 0 Å². The van der Waals surface area contributed by atoms with Crippen molar-refractivity contribution in [3.63, 3.8) is 0 Å². The van der Waals surface area contributed by atoms with Crippen LogP contribution in [0.3, 0.4) is 0 Å². The van der Waals surface area contributed by atoms with Crippen LogP contribution in [0, 0.1) is 6.92 Å². The van der Waals surface area contributed by atoms with Gasteiger partial charge in [0.15, 0.2) is 5.65 Å². The molecule has 0 aliphatic heterocycles. The maximum Gasteiger partial charge on any atom is 0.264 e. The van der Waals surface area contributed by atoms with Crippen LogP contribution in [-0.4, -0.2) is 24.5 Å². The van der Waals surface area contributed by atoms with E-state index in [4.69, 9.17) is 11.6 Å². The zero-order valence-electron chi connectivity index (χ0n) is 15.4. The molecular formula is C20H18ClF2N5. The molecule has 4 rings (SSSR count).